The highest BCUT2D eigenvalue weighted by Crippen LogP contribution is 2.28. The van der Waals surface area contributed by atoms with Gasteiger partial charge in [0.05, 0.1) is 5.92 Å². The summed E-state index contributed by atoms with van der Waals surface area (Å²) < 4.78 is 5.18. The van der Waals surface area contributed by atoms with Gasteiger partial charge < -0.3 is 15.5 Å². The predicted molar refractivity (Wildman–Crippen MR) is 78.4 cm³/mol. The smallest absolute Gasteiger partial charge is 0.247 e. The van der Waals surface area contributed by atoms with E-state index in [1.165, 1.54) is 6.39 Å². The van der Waals surface area contributed by atoms with Crippen LogP contribution in [-0.4, -0.2) is 22.1 Å². The van der Waals surface area contributed by atoms with Crippen molar-refractivity contribution in [1.29, 1.82) is 0 Å². The van der Waals surface area contributed by atoms with Gasteiger partial charge in [0.15, 0.2) is 0 Å². The van der Waals surface area contributed by atoms with Gasteiger partial charge >= 0.3 is 0 Å². The van der Waals surface area contributed by atoms with Crippen molar-refractivity contribution in [2.45, 2.75) is 32.2 Å². The number of nitrogens with one attached hydrogen (secondary N) is 1. The molecule has 1 heterocycles. The second-order valence-corrected chi connectivity index (χ2v) is 5.46. The maximum absolute atomic E-state index is 12.3. The van der Waals surface area contributed by atoms with Gasteiger partial charge in [-0.05, 0) is 37.5 Å². The van der Waals surface area contributed by atoms with Crippen molar-refractivity contribution in [2.75, 3.05) is 5.32 Å². The second-order valence-electron chi connectivity index (χ2n) is 5.46. The van der Waals surface area contributed by atoms with Crippen LogP contribution in [0, 0.1) is 12.8 Å². The van der Waals surface area contributed by atoms with E-state index in [1.807, 2.05) is 25.1 Å². The number of amides is 1. The molecule has 2 unspecified atom stereocenters. The zero-order chi connectivity index (χ0) is 14.8. The molecule has 2 atom stereocenters. The summed E-state index contributed by atoms with van der Waals surface area (Å²) >= 11 is 0. The highest BCUT2D eigenvalue weighted by atomic mass is 16.4. The highest BCUT2D eigenvalue weighted by molar-refractivity contribution is 5.94. The number of aryl methyl sites for hydroxylation is 1. The van der Waals surface area contributed by atoms with E-state index in [4.69, 9.17) is 10.2 Å². The Morgan fingerprint density at radius 1 is 1.43 bits per heavy atom. The van der Waals surface area contributed by atoms with Crippen LogP contribution >= 0.6 is 0 Å². The fraction of sp³-hybridized carbons (Fsp3) is 0.400. The quantitative estimate of drug-likeness (QED) is 0.901. The predicted octanol–water partition coefficient (Wildman–Crippen LogP) is 2.11. The number of nitrogens with two attached hydrogens (primary N) is 1. The minimum absolute atomic E-state index is 0.00854. The summed E-state index contributed by atoms with van der Waals surface area (Å²) in [5, 5.41) is 10.5. The van der Waals surface area contributed by atoms with Gasteiger partial charge in [-0.15, -0.1) is 10.2 Å². The lowest BCUT2D eigenvalue weighted by Crippen LogP contribution is -2.34. The average molecular weight is 286 g/mol. The van der Waals surface area contributed by atoms with Crippen molar-refractivity contribution in [1.82, 2.24) is 10.2 Å². The lowest BCUT2D eigenvalue weighted by molar-refractivity contribution is -0.120. The second kappa shape index (κ2) is 5.65. The fourth-order valence-electron chi connectivity index (χ4n) is 2.73. The van der Waals surface area contributed by atoms with E-state index in [2.05, 4.69) is 15.5 Å². The Hall–Kier alpha value is -2.21. The molecule has 1 aliphatic rings. The molecule has 1 fully saturated rings. The van der Waals surface area contributed by atoms with Gasteiger partial charge in [0, 0.05) is 17.3 Å². The molecule has 3 rings (SSSR count). The molecule has 0 bridgehead atoms. The number of carbonyl (C=O) groups excluding carboxylic acids is 1. The van der Waals surface area contributed by atoms with Crippen molar-refractivity contribution in [3.05, 3.63) is 30.2 Å². The van der Waals surface area contributed by atoms with Gasteiger partial charge in [0.2, 0.25) is 18.2 Å². The monoisotopic (exact) mass is 286 g/mol. The number of hydrogen-bond acceptors (Lipinski definition) is 5. The standard InChI is InChI=1S/C15H18N4O2/c1-9-5-6-10(15-19-17-8-21-15)7-13(9)18-14(20)11-3-2-4-12(11)16/h5-8,11-12H,2-4,16H2,1H3,(H,18,20). The fourth-order valence-corrected chi connectivity index (χ4v) is 2.73. The van der Waals surface area contributed by atoms with Crippen LogP contribution in [0.1, 0.15) is 24.8 Å². The first kappa shape index (κ1) is 13.8. The zero-order valence-electron chi connectivity index (χ0n) is 11.9. The third-order valence-electron chi connectivity index (χ3n) is 4.01. The number of benzene rings is 1. The molecular weight excluding hydrogens is 268 g/mol. The summed E-state index contributed by atoms with van der Waals surface area (Å²) in [6, 6.07) is 5.62. The first-order valence-electron chi connectivity index (χ1n) is 7.09. The molecule has 110 valence electrons. The molecule has 1 aromatic carbocycles. The molecule has 6 nitrogen and oxygen atoms in total. The molecule has 1 amide bonds. The van der Waals surface area contributed by atoms with Crippen molar-refractivity contribution in [3.8, 4) is 11.5 Å². The Labute approximate surface area is 122 Å². The summed E-state index contributed by atoms with van der Waals surface area (Å²) in [5.74, 6) is 0.324. The number of rotatable bonds is 3. The number of carbonyl (C=O) groups is 1. The first-order valence-corrected chi connectivity index (χ1v) is 7.09. The molecule has 0 spiro atoms. The Morgan fingerprint density at radius 3 is 2.95 bits per heavy atom. The van der Waals surface area contributed by atoms with Gasteiger partial charge in [0.25, 0.3) is 0 Å². The average Bonchev–Trinajstić information content (AvgIpc) is 3.12. The molecular formula is C15H18N4O2. The Morgan fingerprint density at radius 2 is 2.29 bits per heavy atom. The number of hydrogen-bond donors (Lipinski definition) is 2. The van der Waals surface area contributed by atoms with E-state index in [1.54, 1.807) is 0 Å². The van der Waals surface area contributed by atoms with Gasteiger partial charge in [-0.25, -0.2) is 0 Å². The summed E-state index contributed by atoms with van der Waals surface area (Å²) in [5.41, 5.74) is 8.51. The van der Waals surface area contributed by atoms with E-state index >= 15 is 0 Å². The highest BCUT2D eigenvalue weighted by Gasteiger charge is 2.30. The van der Waals surface area contributed by atoms with Crippen LogP contribution in [0.15, 0.2) is 29.0 Å². The van der Waals surface area contributed by atoms with Crippen molar-refractivity contribution < 1.29 is 9.21 Å². The van der Waals surface area contributed by atoms with Crippen LogP contribution in [-0.2, 0) is 4.79 Å². The van der Waals surface area contributed by atoms with Gasteiger partial charge in [-0.3, -0.25) is 4.79 Å². The Bertz CT molecular complexity index is 639. The van der Waals surface area contributed by atoms with E-state index < -0.39 is 0 Å². The topological polar surface area (TPSA) is 94.0 Å². The lowest BCUT2D eigenvalue weighted by atomic mass is 10.0. The van der Waals surface area contributed by atoms with Crippen LogP contribution in [0.25, 0.3) is 11.5 Å². The minimum atomic E-state index is -0.100. The maximum atomic E-state index is 12.3. The Kier molecular flexibility index (Phi) is 3.70. The molecule has 1 saturated carbocycles. The van der Waals surface area contributed by atoms with Crippen molar-refractivity contribution in [2.24, 2.45) is 11.7 Å². The Balaban J connectivity index is 1.81. The SMILES string of the molecule is Cc1ccc(-c2nnco2)cc1NC(=O)C1CCCC1N. The molecule has 0 radical (unpaired) electrons. The summed E-state index contributed by atoms with van der Waals surface area (Å²) in [7, 11) is 0. The molecule has 21 heavy (non-hydrogen) atoms. The third kappa shape index (κ3) is 2.80. The molecule has 6 heteroatoms. The summed E-state index contributed by atoms with van der Waals surface area (Å²) in [4.78, 5) is 12.3. The minimum Gasteiger partial charge on any atom is -0.423 e. The normalized spacial score (nSPS) is 21.4. The molecule has 3 N–H and O–H groups in total. The number of aromatic nitrogens is 2. The van der Waals surface area contributed by atoms with Gasteiger partial charge in [-0.1, -0.05) is 12.5 Å². The van der Waals surface area contributed by atoms with Crippen LogP contribution in [0.3, 0.4) is 0 Å². The van der Waals surface area contributed by atoms with E-state index in [-0.39, 0.29) is 17.9 Å². The molecule has 1 aromatic heterocycles. The van der Waals surface area contributed by atoms with E-state index in [9.17, 15) is 4.79 Å². The van der Waals surface area contributed by atoms with Crippen molar-refractivity contribution in [3.63, 3.8) is 0 Å². The van der Waals surface area contributed by atoms with Crippen LogP contribution < -0.4 is 11.1 Å². The van der Waals surface area contributed by atoms with Gasteiger partial charge in [-0.2, -0.15) is 0 Å². The summed E-state index contributed by atoms with van der Waals surface area (Å²) in [6.07, 6.45) is 4.07. The van der Waals surface area contributed by atoms with E-state index in [0.717, 1.165) is 36.1 Å². The largest absolute Gasteiger partial charge is 0.423 e. The molecule has 0 saturated heterocycles. The van der Waals surface area contributed by atoms with Crippen LogP contribution in [0.4, 0.5) is 5.69 Å². The van der Waals surface area contributed by atoms with Gasteiger partial charge in [0.1, 0.15) is 0 Å². The van der Waals surface area contributed by atoms with Crippen LogP contribution in [0.2, 0.25) is 0 Å². The maximum Gasteiger partial charge on any atom is 0.247 e. The van der Waals surface area contributed by atoms with Crippen LogP contribution in [0.5, 0.6) is 0 Å². The van der Waals surface area contributed by atoms with Crippen molar-refractivity contribution >= 4 is 11.6 Å². The summed E-state index contributed by atoms with van der Waals surface area (Å²) in [6.45, 7) is 1.95. The third-order valence-corrected chi connectivity index (χ3v) is 4.01. The zero-order valence-corrected chi connectivity index (χ0v) is 11.9. The lowest BCUT2D eigenvalue weighted by Gasteiger charge is -2.16. The van der Waals surface area contributed by atoms with E-state index in [0.29, 0.717) is 5.89 Å². The molecule has 2 aromatic rings. The first-order chi connectivity index (χ1) is 10.1. The molecule has 1 aliphatic carbocycles. The molecule has 0 aliphatic heterocycles. The number of anilines is 1. The number of nitrogens with zero attached hydrogens (tertiary/aromatic N) is 2.